The number of hydrogen-bond donors (Lipinski definition) is 0. The maximum absolute atomic E-state index is 13.3. The molecule has 2 saturated carbocycles. The van der Waals surface area contributed by atoms with Gasteiger partial charge in [-0.2, -0.15) is 9.97 Å². The minimum absolute atomic E-state index is 0.0575. The summed E-state index contributed by atoms with van der Waals surface area (Å²) >= 11 is 0. The summed E-state index contributed by atoms with van der Waals surface area (Å²) < 4.78 is 0. The molecule has 8 rings (SSSR count). The maximum atomic E-state index is 13.3. The normalized spacial score (nSPS) is 37.6. The first-order chi connectivity index (χ1) is 22.2. The van der Waals surface area contributed by atoms with E-state index in [0.29, 0.717) is 41.7 Å². The molecule has 8 heteroatoms. The van der Waals surface area contributed by atoms with E-state index in [1.807, 2.05) is 13.0 Å². The fourth-order valence-electron chi connectivity index (χ4n) is 11.6. The van der Waals surface area contributed by atoms with Gasteiger partial charge in [0.2, 0.25) is 5.95 Å². The molecule has 0 spiro atoms. The fraction of sp³-hybridized carbons (Fsp3) is 0.737. The van der Waals surface area contributed by atoms with Gasteiger partial charge in [0, 0.05) is 88.0 Å². The van der Waals surface area contributed by atoms with Crippen LogP contribution in [0.4, 0.5) is 17.6 Å². The minimum atomic E-state index is -0.112. The number of rotatable bonds is 5. The zero-order valence-corrected chi connectivity index (χ0v) is 28.6. The van der Waals surface area contributed by atoms with Crippen molar-refractivity contribution in [1.29, 1.82) is 0 Å². The van der Waals surface area contributed by atoms with Gasteiger partial charge in [-0.1, -0.05) is 32.4 Å². The Morgan fingerprint density at radius 3 is 2.11 bits per heavy atom. The van der Waals surface area contributed by atoms with Gasteiger partial charge < -0.3 is 19.6 Å². The molecule has 1 unspecified atom stereocenters. The third kappa shape index (κ3) is 4.74. The zero-order valence-electron chi connectivity index (χ0n) is 28.6. The van der Waals surface area contributed by atoms with Crippen molar-refractivity contribution >= 4 is 29.2 Å². The van der Waals surface area contributed by atoms with Crippen LogP contribution in [0.15, 0.2) is 29.5 Å². The molecule has 0 N–H and O–H groups in total. The molecule has 0 bridgehead atoms. The van der Waals surface area contributed by atoms with E-state index in [4.69, 9.17) is 9.97 Å². The summed E-state index contributed by atoms with van der Waals surface area (Å²) in [5, 5.41) is 0. The third-order valence-corrected chi connectivity index (χ3v) is 13.8. The first-order valence-electron chi connectivity index (χ1n) is 18.5. The Bertz CT molecular complexity index is 1420. The smallest absolute Gasteiger partial charge is 0.229 e. The molecular weight excluding hydrogens is 572 g/mol. The predicted octanol–water partition coefficient (Wildman–Crippen LogP) is 5.89. The summed E-state index contributed by atoms with van der Waals surface area (Å²) in [4.78, 5) is 46.2. The Morgan fingerprint density at radius 2 is 1.46 bits per heavy atom. The molecule has 7 aliphatic rings. The molecule has 0 aromatic carbocycles. The van der Waals surface area contributed by atoms with E-state index in [-0.39, 0.29) is 16.7 Å². The number of piperazine rings is 1. The predicted molar refractivity (Wildman–Crippen MR) is 183 cm³/mol. The van der Waals surface area contributed by atoms with E-state index in [9.17, 15) is 9.59 Å². The molecule has 248 valence electrons. The van der Waals surface area contributed by atoms with Crippen molar-refractivity contribution in [3.8, 4) is 0 Å². The summed E-state index contributed by atoms with van der Waals surface area (Å²) in [5.41, 5.74) is 2.80. The first kappa shape index (κ1) is 30.4. The Kier molecular flexibility index (Phi) is 7.52. The van der Waals surface area contributed by atoms with Crippen molar-refractivity contribution in [2.24, 2.45) is 40.4 Å². The zero-order chi connectivity index (χ0) is 31.8. The molecule has 5 fully saturated rings. The summed E-state index contributed by atoms with van der Waals surface area (Å²) in [6, 6.07) is 2.23. The quantitative estimate of drug-likeness (QED) is 0.375. The number of anilines is 3. The van der Waals surface area contributed by atoms with Crippen LogP contribution in [0.25, 0.3) is 0 Å². The lowest BCUT2D eigenvalue weighted by Gasteiger charge is -2.58. The number of allylic oxidation sites excluding steroid dienone is 3. The van der Waals surface area contributed by atoms with E-state index >= 15 is 0 Å². The van der Waals surface area contributed by atoms with E-state index in [1.165, 1.54) is 31.4 Å². The van der Waals surface area contributed by atoms with Crippen LogP contribution in [-0.4, -0.2) is 78.8 Å². The van der Waals surface area contributed by atoms with Crippen LogP contribution in [0.2, 0.25) is 0 Å². The second-order valence-corrected chi connectivity index (χ2v) is 16.3. The van der Waals surface area contributed by atoms with Gasteiger partial charge in [-0.05, 0) is 87.4 Å². The number of nitrogens with zero attached hydrogens (tertiary/aromatic N) is 6. The highest BCUT2D eigenvalue weighted by Gasteiger charge is 2.61. The lowest BCUT2D eigenvalue weighted by Crippen LogP contribution is -2.54. The van der Waals surface area contributed by atoms with Gasteiger partial charge in [0.05, 0.1) is 0 Å². The van der Waals surface area contributed by atoms with E-state index in [1.54, 1.807) is 5.57 Å². The fourth-order valence-corrected chi connectivity index (χ4v) is 11.6. The Hall–Kier alpha value is -2.90. The number of ketones is 2. The molecule has 1 aromatic rings. The molecule has 8 nitrogen and oxygen atoms in total. The van der Waals surface area contributed by atoms with Crippen molar-refractivity contribution in [1.82, 2.24) is 14.9 Å². The SMILES string of the molecule is CC(=O)[C@H]1[C@H](C)C[C@H]2[C@@H]3CCC4CC(=O)C=C(N5CCN(c6cc(N7CCCC7)nc(N7CCCC7)n6)CC5)[C@]4(C)C3=CC[C@@]21C. The van der Waals surface area contributed by atoms with Crippen molar-refractivity contribution in [3.05, 3.63) is 29.5 Å². The highest BCUT2D eigenvalue weighted by atomic mass is 16.1. The summed E-state index contributed by atoms with van der Waals surface area (Å²) in [6.07, 6.45) is 14.5. The van der Waals surface area contributed by atoms with Crippen LogP contribution >= 0.6 is 0 Å². The van der Waals surface area contributed by atoms with Gasteiger partial charge in [0.1, 0.15) is 17.4 Å². The number of Topliss-reactive ketones (excluding diaryl/α,β-unsaturated/α-hetero) is 1. The van der Waals surface area contributed by atoms with Gasteiger partial charge in [-0.3, -0.25) is 9.59 Å². The number of carbonyl (C=O) groups is 2. The molecule has 1 aromatic heterocycles. The van der Waals surface area contributed by atoms with Gasteiger partial charge in [0.25, 0.3) is 0 Å². The van der Waals surface area contributed by atoms with Gasteiger partial charge in [0.15, 0.2) is 5.78 Å². The molecule has 4 aliphatic carbocycles. The lowest BCUT2D eigenvalue weighted by molar-refractivity contribution is -0.126. The molecule has 0 radical (unpaired) electrons. The van der Waals surface area contributed by atoms with Crippen molar-refractivity contribution < 1.29 is 9.59 Å². The molecule has 7 atom stereocenters. The van der Waals surface area contributed by atoms with Crippen molar-refractivity contribution in [3.63, 3.8) is 0 Å². The van der Waals surface area contributed by atoms with Crippen molar-refractivity contribution in [2.45, 2.75) is 85.5 Å². The third-order valence-electron chi connectivity index (χ3n) is 13.8. The topological polar surface area (TPSA) is 72.9 Å². The van der Waals surface area contributed by atoms with Gasteiger partial charge in [-0.25, -0.2) is 0 Å². The molecule has 3 aliphatic heterocycles. The molecule has 0 amide bonds. The number of hydrogen-bond acceptors (Lipinski definition) is 8. The molecule has 3 saturated heterocycles. The van der Waals surface area contributed by atoms with Crippen LogP contribution in [0, 0.1) is 40.4 Å². The Labute approximate surface area is 275 Å². The van der Waals surface area contributed by atoms with Crippen LogP contribution in [0.1, 0.15) is 85.5 Å². The average molecular weight is 627 g/mol. The molecule has 46 heavy (non-hydrogen) atoms. The average Bonchev–Trinajstić information content (AvgIpc) is 3.82. The molecule has 4 heterocycles. The Balaban J connectivity index is 1.06. The summed E-state index contributed by atoms with van der Waals surface area (Å²) in [5.74, 6) is 5.74. The second-order valence-electron chi connectivity index (χ2n) is 16.3. The van der Waals surface area contributed by atoms with Gasteiger partial charge in [-0.15, -0.1) is 0 Å². The van der Waals surface area contributed by atoms with Crippen LogP contribution in [0.5, 0.6) is 0 Å². The molecular formula is C38H54N6O2. The lowest BCUT2D eigenvalue weighted by atomic mass is 9.49. The van der Waals surface area contributed by atoms with Gasteiger partial charge >= 0.3 is 0 Å². The first-order valence-corrected chi connectivity index (χ1v) is 18.5. The van der Waals surface area contributed by atoms with Crippen LogP contribution in [-0.2, 0) is 9.59 Å². The van der Waals surface area contributed by atoms with Crippen LogP contribution < -0.4 is 14.7 Å². The summed E-state index contributed by atoms with van der Waals surface area (Å²) in [7, 11) is 0. The van der Waals surface area contributed by atoms with E-state index in [2.05, 4.69) is 52.5 Å². The van der Waals surface area contributed by atoms with E-state index < -0.39 is 0 Å². The largest absolute Gasteiger partial charge is 0.370 e. The maximum Gasteiger partial charge on any atom is 0.229 e. The number of aromatic nitrogens is 2. The highest BCUT2D eigenvalue weighted by Crippen LogP contribution is 2.67. The van der Waals surface area contributed by atoms with E-state index in [0.717, 1.165) is 95.6 Å². The monoisotopic (exact) mass is 626 g/mol. The standard InChI is InChI=1S/C38H54N6O2/c1-25-21-31-29-10-9-27-22-28(46)23-32(38(27,4)30(29)11-12-37(31,3)35(25)26(2)45)41-17-19-43(20-18-41)34-24-33(42-13-5-6-14-42)39-36(40-34)44-15-7-8-16-44/h11,23-25,27,29,31,35H,5-10,12-22H2,1-4H3/t25-,27?,29-,31+,35-,37+,38+/m1/s1. The summed E-state index contributed by atoms with van der Waals surface area (Å²) in [6.45, 7) is 16.8. The van der Waals surface area contributed by atoms with Crippen LogP contribution in [0.3, 0.4) is 0 Å². The highest BCUT2D eigenvalue weighted by molar-refractivity contribution is 5.92. The second kappa shape index (κ2) is 11.4. The number of fused-ring (bicyclic) bond motifs is 5. The van der Waals surface area contributed by atoms with Crippen molar-refractivity contribution in [2.75, 3.05) is 67.1 Å². The number of carbonyl (C=O) groups excluding carboxylic acids is 2. The Morgan fingerprint density at radius 1 is 0.848 bits per heavy atom. The minimum Gasteiger partial charge on any atom is -0.370 e.